The highest BCUT2D eigenvalue weighted by Crippen LogP contribution is 2.17. The van der Waals surface area contributed by atoms with E-state index in [1.54, 1.807) is 18.5 Å². The Morgan fingerprint density at radius 1 is 1.35 bits per heavy atom. The molecule has 9 nitrogen and oxygen atoms in total. The van der Waals surface area contributed by atoms with Gasteiger partial charge in [-0.15, -0.1) is 5.10 Å². The normalized spacial score (nSPS) is 11.8. The molecule has 0 saturated heterocycles. The first-order chi connectivity index (χ1) is 9.40. The molecule has 0 amide bonds. The van der Waals surface area contributed by atoms with E-state index < -0.39 is 15.7 Å². The number of hydrogen-bond acceptors (Lipinski definition) is 5. The first-order valence-electron chi connectivity index (χ1n) is 6.11. The van der Waals surface area contributed by atoms with Gasteiger partial charge >= 0.3 is 5.69 Å². The first kappa shape index (κ1) is 14.3. The number of aryl methyl sites for hydroxylation is 1. The van der Waals surface area contributed by atoms with Gasteiger partial charge in [-0.25, -0.2) is 23.0 Å². The Morgan fingerprint density at radius 2 is 2.05 bits per heavy atom. The topological polar surface area (TPSA) is 115 Å². The number of anilines is 1. The van der Waals surface area contributed by atoms with E-state index in [2.05, 4.69) is 20.0 Å². The molecule has 0 aliphatic heterocycles. The molecule has 0 unspecified atom stereocenters. The van der Waals surface area contributed by atoms with Crippen LogP contribution < -0.4 is 10.4 Å². The van der Waals surface area contributed by atoms with E-state index in [4.69, 9.17) is 0 Å². The van der Waals surface area contributed by atoms with Crippen LogP contribution in [0.5, 0.6) is 0 Å². The molecule has 2 heterocycles. The molecule has 10 heteroatoms. The van der Waals surface area contributed by atoms with Gasteiger partial charge in [0.15, 0.2) is 0 Å². The van der Waals surface area contributed by atoms with E-state index in [0.717, 1.165) is 0 Å². The van der Waals surface area contributed by atoms with Gasteiger partial charge in [0.05, 0.1) is 11.9 Å². The van der Waals surface area contributed by atoms with E-state index in [1.165, 1.54) is 10.8 Å². The van der Waals surface area contributed by atoms with Gasteiger partial charge in [0.2, 0.25) is 5.95 Å². The molecule has 0 aliphatic rings. The summed E-state index contributed by atoms with van der Waals surface area (Å²) in [6.45, 7) is 6.13. The van der Waals surface area contributed by atoms with Crippen molar-refractivity contribution in [3.05, 3.63) is 22.4 Å². The van der Waals surface area contributed by atoms with Crippen molar-refractivity contribution in [1.82, 2.24) is 24.5 Å². The largest absolute Gasteiger partial charge is 0.344 e. The second-order valence-corrected chi connectivity index (χ2v) is 5.76. The SMILES string of the molecule is CCn1ncc(S(=O)(=O)Nc2n[nH]c(=O)n2CC)c1C. The van der Waals surface area contributed by atoms with Gasteiger partial charge in [-0.05, 0) is 20.8 Å². The third-order valence-corrected chi connectivity index (χ3v) is 4.38. The Balaban J connectivity index is 2.40. The Bertz CT molecular complexity index is 769. The lowest BCUT2D eigenvalue weighted by molar-refractivity contribution is 0.597. The fourth-order valence-corrected chi connectivity index (χ4v) is 3.06. The molecule has 0 aromatic carbocycles. The van der Waals surface area contributed by atoms with Gasteiger partial charge in [0.25, 0.3) is 10.0 Å². The maximum Gasteiger partial charge on any atom is 0.344 e. The number of nitrogens with zero attached hydrogens (tertiary/aromatic N) is 4. The highest BCUT2D eigenvalue weighted by Gasteiger charge is 2.23. The highest BCUT2D eigenvalue weighted by atomic mass is 32.2. The van der Waals surface area contributed by atoms with E-state index in [0.29, 0.717) is 18.8 Å². The summed E-state index contributed by atoms with van der Waals surface area (Å²) in [5.74, 6) is -0.0406. The quantitative estimate of drug-likeness (QED) is 0.801. The molecular formula is C10H16N6O3S. The summed E-state index contributed by atoms with van der Waals surface area (Å²) < 4.78 is 29.7. The summed E-state index contributed by atoms with van der Waals surface area (Å²) in [6.07, 6.45) is 1.28. The average Bonchev–Trinajstić information content (AvgIpc) is 2.92. The van der Waals surface area contributed by atoms with E-state index in [9.17, 15) is 13.2 Å². The van der Waals surface area contributed by atoms with Crippen LogP contribution in [0.3, 0.4) is 0 Å². The zero-order valence-electron chi connectivity index (χ0n) is 11.4. The third kappa shape index (κ3) is 2.33. The van der Waals surface area contributed by atoms with Crippen LogP contribution >= 0.6 is 0 Å². The Hall–Kier alpha value is -2.10. The lowest BCUT2D eigenvalue weighted by atomic mass is 10.5. The number of hydrogen-bond donors (Lipinski definition) is 2. The molecule has 20 heavy (non-hydrogen) atoms. The van der Waals surface area contributed by atoms with E-state index in [1.807, 2.05) is 6.92 Å². The molecule has 2 aromatic heterocycles. The average molecular weight is 300 g/mol. The fraction of sp³-hybridized carbons (Fsp3) is 0.500. The van der Waals surface area contributed by atoms with Crippen LogP contribution in [0.25, 0.3) is 0 Å². The smallest absolute Gasteiger partial charge is 0.269 e. The maximum absolute atomic E-state index is 12.3. The van der Waals surface area contributed by atoms with Crippen LogP contribution in [0.1, 0.15) is 19.5 Å². The van der Waals surface area contributed by atoms with E-state index in [-0.39, 0.29) is 10.8 Å². The van der Waals surface area contributed by atoms with Gasteiger partial charge in [-0.3, -0.25) is 9.25 Å². The van der Waals surface area contributed by atoms with Crippen molar-refractivity contribution in [2.24, 2.45) is 0 Å². The van der Waals surface area contributed by atoms with Gasteiger partial charge in [-0.2, -0.15) is 5.10 Å². The number of rotatable bonds is 5. The second kappa shape index (κ2) is 5.12. The van der Waals surface area contributed by atoms with Crippen molar-refractivity contribution in [1.29, 1.82) is 0 Å². The predicted octanol–water partition coefficient (Wildman–Crippen LogP) is -0.0831. The minimum absolute atomic E-state index is 0.0406. The standard InChI is InChI=1S/C10H16N6O3S/c1-4-15-9(12-13-10(15)17)14-20(18,19)8-6-11-16(5-2)7(8)3/h6H,4-5H2,1-3H3,(H,12,14)(H,13,17). The zero-order valence-corrected chi connectivity index (χ0v) is 12.2. The second-order valence-electron chi connectivity index (χ2n) is 4.11. The molecule has 0 bridgehead atoms. The van der Waals surface area contributed by atoms with Crippen LogP contribution in [-0.4, -0.2) is 33.0 Å². The molecule has 0 spiro atoms. The molecule has 0 atom stereocenters. The van der Waals surface area contributed by atoms with Crippen LogP contribution in [0, 0.1) is 6.92 Å². The Labute approximate surface area is 115 Å². The van der Waals surface area contributed by atoms with Gasteiger partial charge in [0.1, 0.15) is 4.90 Å². The first-order valence-corrected chi connectivity index (χ1v) is 7.59. The van der Waals surface area contributed by atoms with Gasteiger partial charge in [0, 0.05) is 13.1 Å². The zero-order chi connectivity index (χ0) is 14.9. The van der Waals surface area contributed by atoms with Crippen molar-refractivity contribution >= 4 is 16.0 Å². The molecule has 110 valence electrons. The molecule has 0 fully saturated rings. The molecule has 0 radical (unpaired) electrons. The molecular weight excluding hydrogens is 284 g/mol. The monoisotopic (exact) mass is 300 g/mol. The summed E-state index contributed by atoms with van der Waals surface area (Å²) in [7, 11) is -3.83. The molecule has 0 saturated carbocycles. The van der Waals surface area contributed by atoms with Crippen molar-refractivity contribution in [3.8, 4) is 0 Å². The summed E-state index contributed by atoms with van der Waals surface area (Å²) in [5.41, 5.74) is 0.0621. The van der Waals surface area contributed by atoms with Gasteiger partial charge < -0.3 is 0 Å². The maximum atomic E-state index is 12.3. The third-order valence-electron chi connectivity index (χ3n) is 2.95. The number of sulfonamides is 1. The van der Waals surface area contributed by atoms with Crippen molar-refractivity contribution in [3.63, 3.8) is 0 Å². The van der Waals surface area contributed by atoms with Crippen LogP contribution in [0.2, 0.25) is 0 Å². The van der Waals surface area contributed by atoms with Crippen molar-refractivity contribution in [2.75, 3.05) is 4.72 Å². The summed E-state index contributed by atoms with van der Waals surface area (Å²) in [4.78, 5) is 11.5. The minimum Gasteiger partial charge on any atom is -0.269 e. The summed E-state index contributed by atoms with van der Waals surface area (Å²) in [5, 5.41) is 9.86. The highest BCUT2D eigenvalue weighted by molar-refractivity contribution is 7.92. The van der Waals surface area contributed by atoms with E-state index >= 15 is 0 Å². The van der Waals surface area contributed by atoms with Crippen molar-refractivity contribution in [2.45, 2.75) is 38.8 Å². The Morgan fingerprint density at radius 3 is 2.60 bits per heavy atom. The predicted molar refractivity (Wildman–Crippen MR) is 72.0 cm³/mol. The lowest BCUT2D eigenvalue weighted by Crippen LogP contribution is -2.21. The molecule has 2 N–H and O–H groups in total. The molecule has 0 aliphatic carbocycles. The fourth-order valence-electron chi connectivity index (χ4n) is 1.88. The summed E-state index contributed by atoms with van der Waals surface area (Å²) in [6, 6.07) is 0. The Kier molecular flexibility index (Phi) is 3.66. The molecule has 2 aromatic rings. The van der Waals surface area contributed by atoms with Crippen molar-refractivity contribution < 1.29 is 8.42 Å². The van der Waals surface area contributed by atoms with Crippen LogP contribution in [0.4, 0.5) is 5.95 Å². The number of aromatic nitrogens is 5. The van der Waals surface area contributed by atoms with Crippen LogP contribution in [-0.2, 0) is 23.1 Å². The van der Waals surface area contributed by atoms with Crippen LogP contribution in [0.15, 0.2) is 15.9 Å². The number of H-pyrrole nitrogens is 1. The number of aromatic amines is 1. The van der Waals surface area contributed by atoms with Gasteiger partial charge in [-0.1, -0.05) is 0 Å². The minimum atomic E-state index is -3.83. The molecule has 2 rings (SSSR count). The summed E-state index contributed by atoms with van der Waals surface area (Å²) >= 11 is 0. The lowest BCUT2D eigenvalue weighted by Gasteiger charge is -2.07. The number of nitrogens with one attached hydrogen (secondary N) is 2.